The van der Waals surface area contributed by atoms with Crippen molar-refractivity contribution in [3.63, 3.8) is 0 Å². The molecule has 0 amide bonds. The lowest BCUT2D eigenvalue weighted by molar-refractivity contribution is 0.0699. The molecule has 0 aliphatic rings. The topological polar surface area (TPSA) is 77.2 Å². The standard InChI is InChI=1S/C12H15N3O3/c1-3-8(7-18-2)15-10-6-4-5-9(12(16)17)11(10)13-14-15/h4-6,8H,3,7H2,1-2H3,(H,16,17). The molecule has 6 heteroatoms. The number of hydrogen-bond acceptors (Lipinski definition) is 4. The number of aromatic carboxylic acids is 1. The summed E-state index contributed by atoms with van der Waals surface area (Å²) in [5.74, 6) is -0.993. The summed E-state index contributed by atoms with van der Waals surface area (Å²) in [6.45, 7) is 2.55. The van der Waals surface area contributed by atoms with Crippen molar-refractivity contribution >= 4 is 17.0 Å². The molecule has 1 aromatic heterocycles. The summed E-state index contributed by atoms with van der Waals surface area (Å²) < 4.78 is 6.87. The SMILES string of the molecule is CCC(COC)n1nnc2c(C(=O)O)cccc21. The Kier molecular flexibility index (Phi) is 3.57. The lowest BCUT2D eigenvalue weighted by Gasteiger charge is -2.14. The summed E-state index contributed by atoms with van der Waals surface area (Å²) >= 11 is 0. The summed E-state index contributed by atoms with van der Waals surface area (Å²) in [4.78, 5) is 11.1. The predicted molar refractivity (Wildman–Crippen MR) is 65.7 cm³/mol. The van der Waals surface area contributed by atoms with Gasteiger partial charge in [0.2, 0.25) is 0 Å². The van der Waals surface area contributed by atoms with Gasteiger partial charge in [-0.25, -0.2) is 9.48 Å². The van der Waals surface area contributed by atoms with Gasteiger partial charge in [0.05, 0.1) is 23.7 Å². The number of methoxy groups -OCH3 is 1. The van der Waals surface area contributed by atoms with Crippen molar-refractivity contribution in [1.82, 2.24) is 15.0 Å². The maximum Gasteiger partial charge on any atom is 0.338 e. The van der Waals surface area contributed by atoms with Gasteiger partial charge in [0.1, 0.15) is 5.52 Å². The second-order valence-corrected chi connectivity index (χ2v) is 4.03. The molecule has 0 aliphatic carbocycles. The molecule has 96 valence electrons. The molecule has 0 fully saturated rings. The van der Waals surface area contributed by atoms with Crippen LogP contribution < -0.4 is 0 Å². The van der Waals surface area contributed by atoms with Crippen LogP contribution >= 0.6 is 0 Å². The molecule has 1 N–H and O–H groups in total. The van der Waals surface area contributed by atoms with Crippen LogP contribution in [0.25, 0.3) is 11.0 Å². The van der Waals surface area contributed by atoms with E-state index in [2.05, 4.69) is 10.3 Å². The molecule has 0 saturated carbocycles. The van der Waals surface area contributed by atoms with Gasteiger partial charge >= 0.3 is 5.97 Å². The van der Waals surface area contributed by atoms with Crippen LogP contribution in [0.15, 0.2) is 18.2 Å². The van der Waals surface area contributed by atoms with Gasteiger partial charge in [-0.15, -0.1) is 5.10 Å². The molecule has 18 heavy (non-hydrogen) atoms. The fourth-order valence-electron chi connectivity index (χ4n) is 1.96. The fourth-order valence-corrected chi connectivity index (χ4v) is 1.96. The predicted octanol–water partition coefficient (Wildman–Crippen LogP) is 1.73. The first-order chi connectivity index (χ1) is 8.69. The highest BCUT2D eigenvalue weighted by molar-refractivity contribution is 6.00. The van der Waals surface area contributed by atoms with Crippen molar-refractivity contribution in [1.29, 1.82) is 0 Å². The van der Waals surface area contributed by atoms with E-state index >= 15 is 0 Å². The molecule has 1 atom stereocenters. The van der Waals surface area contributed by atoms with Crippen molar-refractivity contribution in [3.8, 4) is 0 Å². The van der Waals surface area contributed by atoms with Gasteiger partial charge < -0.3 is 9.84 Å². The Morgan fingerprint density at radius 2 is 2.33 bits per heavy atom. The molecule has 1 unspecified atom stereocenters. The maximum atomic E-state index is 11.1. The largest absolute Gasteiger partial charge is 0.478 e. The Bertz CT molecular complexity index is 565. The molecule has 0 radical (unpaired) electrons. The minimum atomic E-state index is -0.993. The summed E-state index contributed by atoms with van der Waals surface area (Å²) in [5, 5.41) is 17.1. The number of carbonyl (C=O) groups is 1. The van der Waals surface area contributed by atoms with Crippen LogP contribution in [0.4, 0.5) is 0 Å². The van der Waals surface area contributed by atoms with Crippen LogP contribution in [0.5, 0.6) is 0 Å². The third-order valence-electron chi connectivity index (χ3n) is 2.91. The fraction of sp³-hybridized carbons (Fsp3) is 0.417. The van der Waals surface area contributed by atoms with E-state index in [1.165, 1.54) is 6.07 Å². The Hall–Kier alpha value is -1.95. The van der Waals surface area contributed by atoms with E-state index < -0.39 is 5.97 Å². The van der Waals surface area contributed by atoms with Crippen LogP contribution in [0.3, 0.4) is 0 Å². The maximum absolute atomic E-state index is 11.1. The summed E-state index contributed by atoms with van der Waals surface area (Å²) in [6, 6.07) is 5.11. The number of carboxylic acid groups (broad SMARTS) is 1. The second-order valence-electron chi connectivity index (χ2n) is 4.03. The van der Waals surface area contributed by atoms with E-state index in [0.717, 1.165) is 11.9 Å². The highest BCUT2D eigenvalue weighted by atomic mass is 16.5. The van der Waals surface area contributed by atoms with Gasteiger partial charge in [0.25, 0.3) is 0 Å². The number of ether oxygens (including phenoxy) is 1. The Morgan fingerprint density at radius 1 is 1.56 bits per heavy atom. The van der Waals surface area contributed by atoms with Crippen LogP contribution in [-0.4, -0.2) is 39.8 Å². The van der Waals surface area contributed by atoms with Gasteiger partial charge in [0, 0.05) is 7.11 Å². The molecule has 6 nitrogen and oxygen atoms in total. The van der Waals surface area contributed by atoms with Gasteiger partial charge in [-0.1, -0.05) is 18.2 Å². The molecular weight excluding hydrogens is 234 g/mol. The van der Waals surface area contributed by atoms with Crippen LogP contribution in [0, 0.1) is 0 Å². The van der Waals surface area contributed by atoms with E-state index in [1.54, 1.807) is 17.9 Å². The van der Waals surface area contributed by atoms with Crippen molar-refractivity contribution in [3.05, 3.63) is 23.8 Å². The molecule has 0 saturated heterocycles. The number of benzene rings is 1. The molecule has 0 bridgehead atoms. The quantitative estimate of drug-likeness (QED) is 0.873. The third-order valence-corrected chi connectivity index (χ3v) is 2.91. The number of hydrogen-bond donors (Lipinski definition) is 1. The van der Waals surface area contributed by atoms with Gasteiger partial charge in [-0.2, -0.15) is 0 Å². The lowest BCUT2D eigenvalue weighted by Crippen LogP contribution is -2.15. The number of fused-ring (bicyclic) bond motifs is 1. The number of aromatic nitrogens is 3. The second kappa shape index (κ2) is 5.14. The summed E-state index contributed by atoms with van der Waals surface area (Å²) in [7, 11) is 1.63. The molecule has 2 rings (SSSR count). The molecule has 2 aromatic rings. The summed E-state index contributed by atoms with van der Waals surface area (Å²) in [5.41, 5.74) is 1.31. The highest BCUT2D eigenvalue weighted by Gasteiger charge is 2.17. The van der Waals surface area contributed by atoms with Crippen LogP contribution in [0.1, 0.15) is 29.7 Å². The normalized spacial score (nSPS) is 12.8. The molecule has 0 spiro atoms. The average Bonchev–Trinajstić information content (AvgIpc) is 2.79. The molecule has 1 heterocycles. The minimum absolute atomic E-state index is 0.0593. The number of nitrogens with zero attached hydrogens (tertiary/aromatic N) is 3. The first-order valence-corrected chi connectivity index (χ1v) is 5.75. The van der Waals surface area contributed by atoms with Crippen LogP contribution in [-0.2, 0) is 4.74 Å². The molecular formula is C12H15N3O3. The average molecular weight is 249 g/mol. The van der Waals surface area contributed by atoms with Crippen molar-refractivity contribution in [2.45, 2.75) is 19.4 Å². The van der Waals surface area contributed by atoms with Gasteiger partial charge in [-0.3, -0.25) is 0 Å². The Morgan fingerprint density at radius 3 is 2.94 bits per heavy atom. The monoisotopic (exact) mass is 249 g/mol. The molecule has 1 aromatic carbocycles. The first kappa shape index (κ1) is 12.5. The number of rotatable bonds is 5. The van der Waals surface area contributed by atoms with Crippen LogP contribution in [0.2, 0.25) is 0 Å². The summed E-state index contributed by atoms with van der Waals surface area (Å²) in [6.07, 6.45) is 0.837. The third kappa shape index (κ3) is 2.06. The van der Waals surface area contributed by atoms with E-state index in [-0.39, 0.29) is 11.6 Å². The van der Waals surface area contributed by atoms with Crippen molar-refractivity contribution in [2.75, 3.05) is 13.7 Å². The van der Waals surface area contributed by atoms with Crippen molar-refractivity contribution < 1.29 is 14.6 Å². The van der Waals surface area contributed by atoms with E-state index in [0.29, 0.717) is 12.1 Å². The van der Waals surface area contributed by atoms with Crippen molar-refractivity contribution in [2.24, 2.45) is 0 Å². The number of carboxylic acids is 1. The van der Waals surface area contributed by atoms with E-state index in [4.69, 9.17) is 9.84 Å². The van der Waals surface area contributed by atoms with Gasteiger partial charge in [0.15, 0.2) is 0 Å². The first-order valence-electron chi connectivity index (χ1n) is 5.75. The Labute approximate surface area is 104 Å². The highest BCUT2D eigenvalue weighted by Crippen LogP contribution is 2.21. The van der Waals surface area contributed by atoms with E-state index in [9.17, 15) is 4.79 Å². The van der Waals surface area contributed by atoms with E-state index in [1.807, 2.05) is 13.0 Å². The molecule has 0 aliphatic heterocycles. The van der Waals surface area contributed by atoms with Gasteiger partial charge in [-0.05, 0) is 18.6 Å². The zero-order valence-corrected chi connectivity index (χ0v) is 10.3. The zero-order chi connectivity index (χ0) is 13.1. The zero-order valence-electron chi connectivity index (χ0n) is 10.3. The lowest BCUT2D eigenvalue weighted by atomic mass is 10.1. The minimum Gasteiger partial charge on any atom is -0.478 e. The smallest absolute Gasteiger partial charge is 0.338 e. The Balaban J connectivity index is 2.54.